The van der Waals surface area contributed by atoms with Crippen molar-refractivity contribution in [3.8, 4) is 5.75 Å². The van der Waals surface area contributed by atoms with Crippen LogP contribution in [0.2, 0.25) is 0 Å². The Morgan fingerprint density at radius 2 is 1.76 bits per heavy atom. The van der Waals surface area contributed by atoms with Crippen LogP contribution < -0.4 is 4.74 Å². The zero-order valence-corrected chi connectivity index (χ0v) is 14.9. The van der Waals surface area contributed by atoms with Crippen molar-refractivity contribution in [3.63, 3.8) is 0 Å². The van der Waals surface area contributed by atoms with Gasteiger partial charge in [0.1, 0.15) is 5.75 Å². The van der Waals surface area contributed by atoms with Crippen LogP contribution in [0.5, 0.6) is 5.75 Å². The van der Waals surface area contributed by atoms with Crippen LogP contribution in [0.3, 0.4) is 0 Å². The molecule has 1 N–H and O–H groups in total. The lowest BCUT2D eigenvalue weighted by atomic mass is 10.0. The van der Waals surface area contributed by atoms with Crippen molar-refractivity contribution in [1.82, 2.24) is 0 Å². The summed E-state index contributed by atoms with van der Waals surface area (Å²) < 4.78 is 11.4. The van der Waals surface area contributed by atoms with Gasteiger partial charge in [0.15, 0.2) is 0 Å². The molecule has 0 aromatic heterocycles. The molecule has 0 aliphatic carbocycles. The van der Waals surface area contributed by atoms with Crippen molar-refractivity contribution in [2.24, 2.45) is 0 Å². The summed E-state index contributed by atoms with van der Waals surface area (Å²) in [6, 6.07) is 18.2. The lowest BCUT2D eigenvalue weighted by molar-refractivity contribution is 0.0295. The summed E-state index contributed by atoms with van der Waals surface area (Å²) >= 11 is 0. The van der Waals surface area contributed by atoms with E-state index in [2.05, 4.69) is 18.7 Å². The fraction of sp³-hybridized carbons (Fsp3) is 0.364. The molecule has 0 aliphatic heterocycles. The van der Waals surface area contributed by atoms with Crippen molar-refractivity contribution >= 4 is 0 Å². The van der Waals surface area contributed by atoms with Crippen LogP contribution in [0.4, 0.5) is 0 Å². The van der Waals surface area contributed by atoms with Crippen LogP contribution in [-0.2, 0) is 11.3 Å². The zero-order valence-electron chi connectivity index (χ0n) is 14.9. The second kappa shape index (κ2) is 10.7. The van der Waals surface area contributed by atoms with Crippen LogP contribution in [0.1, 0.15) is 42.9 Å². The van der Waals surface area contributed by atoms with E-state index in [1.807, 2.05) is 42.5 Å². The van der Waals surface area contributed by atoms with Gasteiger partial charge in [-0.25, -0.2) is 0 Å². The lowest BCUT2D eigenvalue weighted by Gasteiger charge is -2.19. The Bertz CT molecular complexity index is 607. The predicted octanol–water partition coefficient (Wildman–Crippen LogP) is 5.06. The molecule has 0 saturated carbocycles. The highest BCUT2D eigenvalue weighted by Crippen LogP contribution is 2.26. The van der Waals surface area contributed by atoms with E-state index in [0.717, 1.165) is 30.6 Å². The van der Waals surface area contributed by atoms with E-state index >= 15 is 0 Å². The first-order valence-electron chi connectivity index (χ1n) is 8.81. The molecule has 0 radical (unpaired) electrons. The SMILES string of the molecule is C=CC[C@@H](O)CCC[C@H](OCc1ccc(OC)cc1)c1ccccc1. The average Bonchev–Trinajstić information content (AvgIpc) is 2.66. The molecule has 0 bridgehead atoms. The van der Waals surface area contributed by atoms with Gasteiger partial charge in [0.2, 0.25) is 0 Å². The summed E-state index contributed by atoms with van der Waals surface area (Å²) in [4.78, 5) is 0. The minimum absolute atomic E-state index is 0.0271. The summed E-state index contributed by atoms with van der Waals surface area (Å²) in [5.41, 5.74) is 2.29. The van der Waals surface area contributed by atoms with Gasteiger partial charge in [0, 0.05) is 0 Å². The molecule has 0 aliphatic rings. The Labute approximate surface area is 150 Å². The quantitative estimate of drug-likeness (QED) is 0.581. The molecule has 134 valence electrons. The molecule has 3 heteroatoms. The van der Waals surface area contributed by atoms with Crippen LogP contribution in [-0.4, -0.2) is 18.3 Å². The van der Waals surface area contributed by atoms with Gasteiger partial charge >= 0.3 is 0 Å². The van der Waals surface area contributed by atoms with Crippen LogP contribution >= 0.6 is 0 Å². The number of rotatable bonds is 11. The Morgan fingerprint density at radius 1 is 1.04 bits per heavy atom. The van der Waals surface area contributed by atoms with E-state index < -0.39 is 0 Å². The van der Waals surface area contributed by atoms with Gasteiger partial charge in [0.05, 0.1) is 25.9 Å². The van der Waals surface area contributed by atoms with E-state index in [4.69, 9.17) is 9.47 Å². The van der Waals surface area contributed by atoms with Crippen molar-refractivity contribution < 1.29 is 14.6 Å². The number of aliphatic hydroxyl groups excluding tert-OH is 1. The molecule has 0 unspecified atom stereocenters. The van der Waals surface area contributed by atoms with Gasteiger partial charge in [-0.2, -0.15) is 0 Å². The maximum atomic E-state index is 9.87. The van der Waals surface area contributed by atoms with E-state index in [1.165, 1.54) is 5.56 Å². The molecule has 3 nitrogen and oxygen atoms in total. The normalized spacial score (nSPS) is 13.2. The van der Waals surface area contributed by atoms with E-state index in [9.17, 15) is 5.11 Å². The monoisotopic (exact) mass is 340 g/mol. The third kappa shape index (κ3) is 6.73. The number of hydrogen-bond acceptors (Lipinski definition) is 3. The van der Waals surface area contributed by atoms with Gasteiger partial charge in [-0.1, -0.05) is 48.5 Å². The summed E-state index contributed by atoms with van der Waals surface area (Å²) in [5, 5.41) is 9.87. The summed E-state index contributed by atoms with van der Waals surface area (Å²) in [5.74, 6) is 0.847. The second-order valence-corrected chi connectivity index (χ2v) is 6.17. The third-order valence-electron chi connectivity index (χ3n) is 4.22. The minimum Gasteiger partial charge on any atom is -0.497 e. The average molecular weight is 340 g/mol. The lowest BCUT2D eigenvalue weighted by Crippen LogP contribution is -2.08. The molecule has 2 aromatic carbocycles. The molecule has 2 rings (SSSR count). The summed E-state index contributed by atoms with van der Waals surface area (Å²) in [7, 11) is 1.66. The molecule has 2 aromatic rings. The first-order valence-corrected chi connectivity index (χ1v) is 8.81. The number of benzene rings is 2. The second-order valence-electron chi connectivity index (χ2n) is 6.17. The Morgan fingerprint density at radius 3 is 2.40 bits per heavy atom. The van der Waals surface area contributed by atoms with Gasteiger partial charge in [-0.15, -0.1) is 6.58 Å². The standard InChI is InChI=1S/C22H28O3/c1-3-8-20(23)11-7-12-22(19-9-5-4-6-10-19)25-17-18-13-15-21(24-2)16-14-18/h3-6,9-10,13-16,20,22-23H,1,7-8,11-12,17H2,2H3/t20-,22+/m1/s1. The molecule has 0 spiro atoms. The molecule has 0 saturated heterocycles. The van der Waals surface area contributed by atoms with Crippen molar-refractivity contribution in [3.05, 3.63) is 78.4 Å². The first kappa shape index (κ1) is 19.2. The van der Waals surface area contributed by atoms with E-state index in [0.29, 0.717) is 13.0 Å². The highest BCUT2D eigenvalue weighted by atomic mass is 16.5. The Balaban J connectivity index is 1.93. The molecule has 0 heterocycles. The van der Waals surface area contributed by atoms with Gasteiger partial charge in [-0.05, 0) is 48.9 Å². The highest BCUT2D eigenvalue weighted by Gasteiger charge is 2.13. The van der Waals surface area contributed by atoms with Crippen LogP contribution in [0, 0.1) is 0 Å². The van der Waals surface area contributed by atoms with Crippen molar-refractivity contribution in [1.29, 1.82) is 0 Å². The van der Waals surface area contributed by atoms with Crippen LogP contribution in [0.15, 0.2) is 67.3 Å². The first-order chi connectivity index (χ1) is 12.2. The molecule has 0 amide bonds. The largest absolute Gasteiger partial charge is 0.497 e. The molecule has 0 fully saturated rings. The summed E-state index contributed by atoms with van der Waals surface area (Å²) in [6.45, 7) is 4.23. The number of aliphatic hydroxyl groups is 1. The highest BCUT2D eigenvalue weighted by molar-refractivity contribution is 5.26. The molecule has 2 atom stereocenters. The van der Waals surface area contributed by atoms with Crippen molar-refractivity contribution in [2.75, 3.05) is 7.11 Å². The fourth-order valence-electron chi connectivity index (χ4n) is 2.78. The van der Waals surface area contributed by atoms with Gasteiger partial charge in [0.25, 0.3) is 0 Å². The maximum Gasteiger partial charge on any atom is 0.118 e. The number of hydrogen-bond donors (Lipinski definition) is 1. The molecular formula is C22H28O3. The fourth-order valence-corrected chi connectivity index (χ4v) is 2.78. The number of ether oxygens (including phenoxy) is 2. The third-order valence-corrected chi connectivity index (χ3v) is 4.22. The molecular weight excluding hydrogens is 312 g/mol. The Hall–Kier alpha value is -2.10. The summed E-state index contributed by atoms with van der Waals surface area (Å²) in [6.07, 6.45) is 4.68. The number of methoxy groups -OCH3 is 1. The Kier molecular flexibility index (Phi) is 8.23. The van der Waals surface area contributed by atoms with Crippen LogP contribution in [0.25, 0.3) is 0 Å². The molecule has 25 heavy (non-hydrogen) atoms. The van der Waals surface area contributed by atoms with E-state index in [-0.39, 0.29) is 12.2 Å². The van der Waals surface area contributed by atoms with Crippen molar-refractivity contribution in [2.45, 2.75) is 44.5 Å². The topological polar surface area (TPSA) is 38.7 Å². The predicted molar refractivity (Wildman–Crippen MR) is 102 cm³/mol. The van der Waals surface area contributed by atoms with Gasteiger partial charge < -0.3 is 14.6 Å². The van der Waals surface area contributed by atoms with Gasteiger partial charge in [-0.3, -0.25) is 0 Å². The zero-order chi connectivity index (χ0) is 17.9. The minimum atomic E-state index is -0.310. The smallest absolute Gasteiger partial charge is 0.118 e. The maximum absolute atomic E-state index is 9.87. The van der Waals surface area contributed by atoms with E-state index in [1.54, 1.807) is 13.2 Å².